The Kier molecular flexibility index (Phi) is 3.80. The van der Waals surface area contributed by atoms with Crippen LogP contribution in [0.2, 0.25) is 0 Å². The van der Waals surface area contributed by atoms with Crippen LogP contribution in [0.4, 0.5) is 5.69 Å². The van der Waals surface area contributed by atoms with E-state index in [4.69, 9.17) is 0 Å². The Morgan fingerprint density at radius 3 is 2.50 bits per heavy atom. The SMILES string of the molecule is C=CCc1cccc(N=O)c1CC=C. The highest BCUT2D eigenvalue weighted by atomic mass is 16.3. The molecule has 0 radical (unpaired) electrons. The molecule has 0 bridgehead atoms. The Balaban J connectivity index is 3.18. The van der Waals surface area contributed by atoms with E-state index in [-0.39, 0.29) is 0 Å². The Labute approximate surface area is 83.9 Å². The van der Waals surface area contributed by atoms with E-state index < -0.39 is 0 Å². The van der Waals surface area contributed by atoms with Crippen molar-refractivity contribution in [2.45, 2.75) is 12.8 Å². The second kappa shape index (κ2) is 5.12. The Morgan fingerprint density at radius 2 is 1.93 bits per heavy atom. The third-order valence-electron chi connectivity index (χ3n) is 2.06. The summed E-state index contributed by atoms with van der Waals surface area (Å²) < 4.78 is 0. The third-order valence-corrected chi connectivity index (χ3v) is 2.06. The number of hydrogen-bond acceptors (Lipinski definition) is 2. The van der Waals surface area contributed by atoms with Gasteiger partial charge in [-0.1, -0.05) is 24.3 Å². The monoisotopic (exact) mass is 187 g/mol. The van der Waals surface area contributed by atoms with Gasteiger partial charge in [0.05, 0.1) is 0 Å². The minimum atomic E-state index is 0.504. The van der Waals surface area contributed by atoms with Crippen LogP contribution < -0.4 is 0 Å². The standard InChI is InChI=1S/C12H13NO/c1-3-6-10-8-5-9-12(13-14)11(10)7-4-2/h3-5,8-9H,1-2,6-7H2. The average Bonchev–Trinajstić information content (AvgIpc) is 2.21. The van der Waals surface area contributed by atoms with E-state index in [2.05, 4.69) is 18.3 Å². The smallest absolute Gasteiger partial charge is 0.111 e. The highest BCUT2D eigenvalue weighted by Crippen LogP contribution is 2.24. The molecule has 0 saturated heterocycles. The van der Waals surface area contributed by atoms with Gasteiger partial charge in [0.2, 0.25) is 0 Å². The first kappa shape index (κ1) is 10.4. The van der Waals surface area contributed by atoms with Crippen molar-refractivity contribution in [1.82, 2.24) is 0 Å². The van der Waals surface area contributed by atoms with E-state index in [1.807, 2.05) is 18.2 Å². The van der Waals surface area contributed by atoms with E-state index in [1.54, 1.807) is 12.1 Å². The van der Waals surface area contributed by atoms with Crippen molar-refractivity contribution in [3.05, 3.63) is 59.5 Å². The number of nitroso groups, excluding NO2 is 1. The fraction of sp³-hybridized carbons (Fsp3) is 0.167. The molecule has 0 heterocycles. The third kappa shape index (κ3) is 2.16. The van der Waals surface area contributed by atoms with Crippen LogP contribution in [0.15, 0.2) is 48.7 Å². The Morgan fingerprint density at radius 1 is 1.21 bits per heavy atom. The molecule has 0 atom stereocenters. The summed E-state index contributed by atoms with van der Waals surface area (Å²) in [7, 11) is 0. The zero-order valence-electron chi connectivity index (χ0n) is 8.07. The molecule has 0 saturated carbocycles. The molecule has 0 aliphatic carbocycles. The first-order valence-electron chi connectivity index (χ1n) is 4.49. The normalized spacial score (nSPS) is 9.43. The second-order valence-corrected chi connectivity index (χ2v) is 2.99. The molecule has 0 aliphatic rings. The van der Waals surface area contributed by atoms with E-state index in [9.17, 15) is 4.91 Å². The van der Waals surface area contributed by atoms with E-state index in [1.165, 1.54) is 0 Å². The van der Waals surface area contributed by atoms with Gasteiger partial charge in [-0.25, -0.2) is 0 Å². The van der Waals surface area contributed by atoms with Gasteiger partial charge in [-0.15, -0.1) is 18.1 Å². The average molecular weight is 187 g/mol. The van der Waals surface area contributed by atoms with Gasteiger partial charge in [0.25, 0.3) is 0 Å². The van der Waals surface area contributed by atoms with Gasteiger partial charge in [0.1, 0.15) is 5.69 Å². The molecule has 0 spiro atoms. The van der Waals surface area contributed by atoms with Crippen LogP contribution in [-0.2, 0) is 12.8 Å². The summed E-state index contributed by atoms with van der Waals surface area (Å²) in [6, 6.07) is 5.54. The van der Waals surface area contributed by atoms with Crippen LogP contribution in [0.1, 0.15) is 11.1 Å². The second-order valence-electron chi connectivity index (χ2n) is 2.99. The van der Waals surface area contributed by atoms with Crippen LogP contribution in [0.25, 0.3) is 0 Å². The summed E-state index contributed by atoms with van der Waals surface area (Å²) in [6.45, 7) is 7.34. The van der Waals surface area contributed by atoms with Crippen LogP contribution in [0, 0.1) is 4.91 Å². The molecule has 0 N–H and O–H groups in total. The maximum atomic E-state index is 10.5. The summed E-state index contributed by atoms with van der Waals surface area (Å²) in [5.41, 5.74) is 2.55. The first-order valence-corrected chi connectivity index (χ1v) is 4.49. The van der Waals surface area contributed by atoms with Gasteiger partial charge >= 0.3 is 0 Å². The summed E-state index contributed by atoms with van der Waals surface area (Å²) in [5, 5.41) is 3.00. The summed E-state index contributed by atoms with van der Waals surface area (Å²) in [6.07, 6.45) is 5.02. The minimum absolute atomic E-state index is 0.504. The van der Waals surface area contributed by atoms with E-state index in [0.717, 1.165) is 17.5 Å². The molecular formula is C12H13NO. The summed E-state index contributed by atoms with van der Waals surface area (Å²) in [4.78, 5) is 10.5. The lowest BCUT2D eigenvalue weighted by molar-refractivity contribution is 1.14. The Bertz CT molecular complexity index is 355. The quantitative estimate of drug-likeness (QED) is 0.512. The molecule has 72 valence electrons. The van der Waals surface area contributed by atoms with Crippen molar-refractivity contribution >= 4 is 5.69 Å². The minimum Gasteiger partial charge on any atom is -0.145 e. The fourth-order valence-corrected chi connectivity index (χ4v) is 1.43. The van der Waals surface area contributed by atoms with Crippen molar-refractivity contribution in [3.8, 4) is 0 Å². The zero-order valence-corrected chi connectivity index (χ0v) is 8.07. The van der Waals surface area contributed by atoms with Gasteiger partial charge in [-0.3, -0.25) is 0 Å². The van der Waals surface area contributed by atoms with Gasteiger partial charge in [0.15, 0.2) is 0 Å². The lowest BCUT2D eigenvalue weighted by atomic mass is 10.00. The first-order chi connectivity index (χ1) is 6.83. The van der Waals surface area contributed by atoms with Crippen molar-refractivity contribution in [3.63, 3.8) is 0 Å². The molecule has 0 amide bonds. The molecule has 1 rings (SSSR count). The van der Waals surface area contributed by atoms with Gasteiger partial charge in [0, 0.05) is 0 Å². The molecule has 2 heteroatoms. The number of rotatable bonds is 5. The van der Waals surface area contributed by atoms with E-state index in [0.29, 0.717) is 12.1 Å². The lowest BCUT2D eigenvalue weighted by Gasteiger charge is -2.06. The molecule has 0 aromatic heterocycles. The predicted molar refractivity (Wildman–Crippen MR) is 59.7 cm³/mol. The van der Waals surface area contributed by atoms with Crippen LogP contribution in [0.3, 0.4) is 0 Å². The largest absolute Gasteiger partial charge is 0.145 e. The van der Waals surface area contributed by atoms with Crippen LogP contribution in [-0.4, -0.2) is 0 Å². The molecule has 0 fully saturated rings. The molecule has 0 unspecified atom stereocenters. The molecular weight excluding hydrogens is 174 g/mol. The van der Waals surface area contributed by atoms with Crippen LogP contribution in [0.5, 0.6) is 0 Å². The topological polar surface area (TPSA) is 29.4 Å². The maximum Gasteiger partial charge on any atom is 0.111 e. The van der Waals surface area contributed by atoms with Crippen molar-refractivity contribution in [2.24, 2.45) is 5.18 Å². The summed E-state index contributed by atoms with van der Waals surface area (Å²) >= 11 is 0. The molecule has 1 aromatic rings. The van der Waals surface area contributed by atoms with E-state index >= 15 is 0 Å². The van der Waals surface area contributed by atoms with Crippen molar-refractivity contribution in [1.29, 1.82) is 0 Å². The number of benzene rings is 1. The van der Waals surface area contributed by atoms with Gasteiger partial charge in [-0.2, -0.15) is 0 Å². The predicted octanol–water partition coefficient (Wildman–Crippen LogP) is 3.54. The van der Waals surface area contributed by atoms with Crippen molar-refractivity contribution < 1.29 is 0 Å². The maximum absolute atomic E-state index is 10.5. The highest BCUT2D eigenvalue weighted by molar-refractivity contribution is 5.51. The number of allylic oxidation sites excluding steroid dienone is 2. The zero-order chi connectivity index (χ0) is 10.4. The number of hydrogen-bond donors (Lipinski definition) is 0. The van der Waals surface area contributed by atoms with Gasteiger partial charge < -0.3 is 0 Å². The number of nitrogens with zero attached hydrogens (tertiary/aromatic N) is 1. The molecule has 14 heavy (non-hydrogen) atoms. The lowest BCUT2D eigenvalue weighted by Crippen LogP contribution is -1.91. The molecule has 1 aromatic carbocycles. The van der Waals surface area contributed by atoms with Crippen LogP contribution >= 0.6 is 0 Å². The summed E-state index contributed by atoms with van der Waals surface area (Å²) in [5.74, 6) is 0. The van der Waals surface area contributed by atoms with Gasteiger partial charge in [-0.05, 0) is 35.2 Å². The molecule has 0 aliphatic heterocycles. The molecule has 2 nitrogen and oxygen atoms in total. The van der Waals surface area contributed by atoms with Crippen molar-refractivity contribution in [2.75, 3.05) is 0 Å². The fourth-order valence-electron chi connectivity index (χ4n) is 1.43. The highest BCUT2D eigenvalue weighted by Gasteiger charge is 2.05. The Hall–Kier alpha value is -1.70.